The molecule has 0 fully saturated rings. The summed E-state index contributed by atoms with van der Waals surface area (Å²) in [5, 5.41) is 4.28. The summed E-state index contributed by atoms with van der Waals surface area (Å²) in [7, 11) is 1.37. The van der Waals surface area contributed by atoms with Crippen LogP contribution in [0.5, 0.6) is 0 Å². The highest BCUT2D eigenvalue weighted by atomic mass is 35.5. The van der Waals surface area contributed by atoms with E-state index in [4.69, 9.17) is 16.3 Å². The Morgan fingerprint density at radius 1 is 1.03 bits per heavy atom. The Kier molecular flexibility index (Phi) is 6.19. The van der Waals surface area contributed by atoms with E-state index in [2.05, 4.69) is 18.3 Å². The van der Waals surface area contributed by atoms with Gasteiger partial charge in [0.25, 0.3) is 0 Å². The molecule has 0 spiro atoms. The monoisotopic (exact) mass is 448 g/mol. The summed E-state index contributed by atoms with van der Waals surface area (Å²) in [6, 6.07) is 21.1. The van der Waals surface area contributed by atoms with Crippen LogP contribution in [0.25, 0.3) is 11.1 Å². The number of amides is 1. The fraction of sp³-hybridized carbons (Fsp3) is 0.231. The maximum Gasteiger partial charge on any atom is 0.337 e. The number of nitrogens with one attached hydrogen (secondary N) is 1. The molecule has 32 heavy (non-hydrogen) atoms. The van der Waals surface area contributed by atoms with E-state index >= 15 is 0 Å². The number of benzene rings is 3. The van der Waals surface area contributed by atoms with Gasteiger partial charge in [-0.3, -0.25) is 4.79 Å². The summed E-state index contributed by atoms with van der Waals surface area (Å²) in [6.45, 7) is 3.66. The lowest BCUT2D eigenvalue weighted by atomic mass is 9.88. The van der Waals surface area contributed by atoms with E-state index in [9.17, 15) is 9.59 Å². The minimum absolute atomic E-state index is 0.0144. The van der Waals surface area contributed by atoms with Gasteiger partial charge in [-0.25, -0.2) is 4.79 Å². The molecule has 0 saturated heterocycles. The van der Waals surface area contributed by atoms with Crippen molar-refractivity contribution in [2.45, 2.75) is 32.4 Å². The Bertz CT molecular complexity index is 1160. The summed E-state index contributed by atoms with van der Waals surface area (Å²) >= 11 is 6.04. The third-order valence-corrected chi connectivity index (χ3v) is 6.07. The quantitative estimate of drug-likeness (QED) is 0.490. The zero-order valence-corrected chi connectivity index (χ0v) is 19.0. The van der Waals surface area contributed by atoms with E-state index in [1.54, 1.807) is 13.0 Å². The second-order valence-corrected chi connectivity index (χ2v) is 8.46. The fourth-order valence-corrected chi connectivity index (χ4v) is 4.48. The van der Waals surface area contributed by atoms with Crippen molar-refractivity contribution in [1.82, 2.24) is 0 Å². The van der Waals surface area contributed by atoms with Crippen molar-refractivity contribution >= 4 is 34.9 Å². The first-order valence-corrected chi connectivity index (χ1v) is 10.9. The van der Waals surface area contributed by atoms with E-state index in [0.29, 0.717) is 10.6 Å². The van der Waals surface area contributed by atoms with Crippen molar-refractivity contribution in [3.8, 4) is 11.1 Å². The number of fused-ring (bicyclic) bond motifs is 1. The zero-order valence-electron chi connectivity index (χ0n) is 18.3. The largest absolute Gasteiger partial charge is 0.465 e. The first-order chi connectivity index (χ1) is 15.4. The van der Waals surface area contributed by atoms with Crippen LogP contribution in [0.15, 0.2) is 66.7 Å². The van der Waals surface area contributed by atoms with Gasteiger partial charge in [0.1, 0.15) is 0 Å². The molecule has 1 aliphatic rings. The predicted octanol–water partition coefficient (Wildman–Crippen LogP) is 6.09. The second-order valence-electron chi connectivity index (χ2n) is 8.02. The molecule has 1 amide bonds. The van der Waals surface area contributed by atoms with Crippen LogP contribution in [0.2, 0.25) is 5.02 Å². The molecule has 2 atom stereocenters. The molecule has 4 rings (SSSR count). The highest BCUT2D eigenvalue weighted by Gasteiger charge is 2.32. The normalized spacial score (nSPS) is 17.4. The highest BCUT2D eigenvalue weighted by molar-refractivity contribution is 6.30. The molecular formula is C26H25ClN2O3. The summed E-state index contributed by atoms with van der Waals surface area (Å²) < 4.78 is 4.86. The summed E-state index contributed by atoms with van der Waals surface area (Å²) in [4.78, 5) is 26.2. The van der Waals surface area contributed by atoms with Crippen LogP contribution in [0, 0.1) is 0 Å². The standard InChI is InChI=1S/C26H25ClN2O3/c1-16-13-24(28-22-10-8-21(27)9-11-22)23-15-19(7-12-25(23)29(16)17(2)30)18-5-4-6-20(14-18)26(31)32-3/h4-12,14-16,24,28H,13H2,1-3H3/t16-,24+/m1/s1. The number of ether oxygens (including phenoxy) is 1. The van der Waals surface area contributed by atoms with E-state index < -0.39 is 0 Å². The molecule has 1 aliphatic heterocycles. The van der Waals surface area contributed by atoms with E-state index in [-0.39, 0.29) is 24.0 Å². The average Bonchev–Trinajstić information content (AvgIpc) is 2.79. The molecule has 1 heterocycles. The second kappa shape index (κ2) is 9.05. The molecule has 0 radical (unpaired) electrons. The summed E-state index contributed by atoms with van der Waals surface area (Å²) in [5.74, 6) is -0.354. The van der Waals surface area contributed by atoms with Gasteiger partial charge < -0.3 is 15.0 Å². The first kappa shape index (κ1) is 21.9. The van der Waals surface area contributed by atoms with Crippen LogP contribution in [0.1, 0.15) is 42.2 Å². The maximum atomic E-state index is 12.4. The lowest BCUT2D eigenvalue weighted by molar-refractivity contribution is -0.117. The predicted molar refractivity (Wildman–Crippen MR) is 128 cm³/mol. The number of rotatable bonds is 4. The molecule has 0 unspecified atom stereocenters. The number of carbonyl (C=O) groups excluding carboxylic acids is 2. The fourth-order valence-electron chi connectivity index (χ4n) is 4.35. The van der Waals surface area contributed by atoms with Gasteiger partial charge in [-0.15, -0.1) is 0 Å². The number of methoxy groups -OCH3 is 1. The van der Waals surface area contributed by atoms with Gasteiger partial charge in [0.15, 0.2) is 0 Å². The SMILES string of the molecule is COC(=O)c1cccc(-c2ccc3c(c2)[C@@H](Nc2ccc(Cl)cc2)C[C@@H](C)N3C(C)=O)c1. The Labute approximate surface area is 193 Å². The minimum Gasteiger partial charge on any atom is -0.465 e. The first-order valence-electron chi connectivity index (χ1n) is 10.5. The molecule has 5 nitrogen and oxygen atoms in total. The van der Waals surface area contributed by atoms with E-state index in [0.717, 1.165) is 34.5 Å². The van der Waals surface area contributed by atoms with E-state index in [1.807, 2.05) is 59.5 Å². The molecule has 3 aromatic rings. The van der Waals surface area contributed by atoms with Crippen molar-refractivity contribution in [2.24, 2.45) is 0 Å². The molecule has 6 heteroatoms. The number of hydrogen-bond donors (Lipinski definition) is 1. The molecule has 0 aliphatic carbocycles. The Morgan fingerprint density at radius 3 is 2.44 bits per heavy atom. The molecule has 3 aromatic carbocycles. The third-order valence-electron chi connectivity index (χ3n) is 5.82. The van der Waals surface area contributed by atoms with Crippen molar-refractivity contribution in [3.05, 3.63) is 82.9 Å². The number of nitrogens with zero attached hydrogens (tertiary/aromatic N) is 1. The summed E-state index contributed by atoms with van der Waals surface area (Å²) in [6.07, 6.45) is 0.765. The van der Waals surface area contributed by atoms with Crippen LogP contribution in [0.4, 0.5) is 11.4 Å². The molecule has 0 aromatic heterocycles. The van der Waals surface area contributed by atoms with Gasteiger partial charge in [-0.1, -0.05) is 29.8 Å². The van der Waals surface area contributed by atoms with Gasteiger partial charge >= 0.3 is 5.97 Å². The number of halogens is 1. The highest BCUT2D eigenvalue weighted by Crippen LogP contribution is 2.41. The number of anilines is 2. The Hall–Kier alpha value is -3.31. The van der Waals surface area contributed by atoms with Crippen molar-refractivity contribution in [1.29, 1.82) is 0 Å². The van der Waals surface area contributed by atoms with Crippen molar-refractivity contribution in [2.75, 3.05) is 17.3 Å². The third kappa shape index (κ3) is 4.34. The Morgan fingerprint density at radius 2 is 1.75 bits per heavy atom. The van der Waals surface area contributed by atoms with Crippen LogP contribution < -0.4 is 10.2 Å². The van der Waals surface area contributed by atoms with Gasteiger partial charge in [0, 0.05) is 29.4 Å². The summed E-state index contributed by atoms with van der Waals surface area (Å²) in [5.41, 5.74) is 5.28. The number of esters is 1. The molecule has 0 bridgehead atoms. The zero-order chi connectivity index (χ0) is 22.8. The van der Waals surface area contributed by atoms with Crippen molar-refractivity contribution in [3.63, 3.8) is 0 Å². The van der Waals surface area contributed by atoms with Gasteiger partial charge in [-0.05, 0) is 78.6 Å². The van der Waals surface area contributed by atoms with Crippen LogP contribution in [-0.2, 0) is 9.53 Å². The maximum absolute atomic E-state index is 12.4. The van der Waals surface area contributed by atoms with Gasteiger partial charge in [-0.2, -0.15) is 0 Å². The van der Waals surface area contributed by atoms with Gasteiger partial charge in [0.05, 0.1) is 18.7 Å². The van der Waals surface area contributed by atoms with Crippen molar-refractivity contribution < 1.29 is 14.3 Å². The van der Waals surface area contributed by atoms with Crippen LogP contribution in [-0.4, -0.2) is 25.0 Å². The van der Waals surface area contributed by atoms with Crippen LogP contribution in [0.3, 0.4) is 0 Å². The lowest BCUT2D eigenvalue weighted by Gasteiger charge is -2.39. The molecule has 1 N–H and O–H groups in total. The van der Waals surface area contributed by atoms with Crippen LogP contribution >= 0.6 is 11.6 Å². The molecule has 0 saturated carbocycles. The van der Waals surface area contributed by atoms with E-state index in [1.165, 1.54) is 7.11 Å². The topological polar surface area (TPSA) is 58.6 Å². The minimum atomic E-state index is -0.372. The number of hydrogen-bond acceptors (Lipinski definition) is 4. The molecular weight excluding hydrogens is 424 g/mol. The number of carbonyl (C=O) groups is 2. The van der Waals surface area contributed by atoms with Gasteiger partial charge in [0.2, 0.25) is 5.91 Å². The molecule has 164 valence electrons. The average molecular weight is 449 g/mol. The lowest BCUT2D eigenvalue weighted by Crippen LogP contribution is -2.43. The smallest absolute Gasteiger partial charge is 0.337 e. The Balaban J connectivity index is 1.77.